The summed E-state index contributed by atoms with van der Waals surface area (Å²) in [5, 5.41) is 0.653. The van der Waals surface area contributed by atoms with Crippen LogP contribution < -0.4 is 0 Å². The molecule has 1 fully saturated rings. The predicted octanol–water partition coefficient (Wildman–Crippen LogP) is 2.63. The maximum Gasteiger partial charge on any atom is 0.176 e. The van der Waals surface area contributed by atoms with E-state index < -0.39 is 0 Å². The van der Waals surface area contributed by atoms with Crippen LogP contribution in [0.25, 0.3) is 0 Å². The molecule has 0 aromatic heterocycles. The summed E-state index contributed by atoms with van der Waals surface area (Å²) in [5.74, 6) is 0.132. The van der Waals surface area contributed by atoms with Crippen LogP contribution in [0.3, 0.4) is 0 Å². The van der Waals surface area contributed by atoms with Gasteiger partial charge in [0.2, 0.25) is 0 Å². The van der Waals surface area contributed by atoms with E-state index in [0.717, 1.165) is 13.1 Å². The van der Waals surface area contributed by atoms with Crippen molar-refractivity contribution in [3.8, 4) is 0 Å². The highest BCUT2D eigenvalue weighted by Crippen LogP contribution is 2.13. The third kappa shape index (κ3) is 3.55. The summed E-state index contributed by atoms with van der Waals surface area (Å²) in [5.41, 5.74) is 0.714. The van der Waals surface area contributed by atoms with Gasteiger partial charge in [-0.3, -0.25) is 9.69 Å². The van der Waals surface area contributed by atoms with Gasteiger partial charge in [-0.25, -0.2) is 0 Å². The topological polar surface area (TPSA) is 29.5 Å². The third-order valence-electron chi connectivity index (χ3n) is 3.03. The maximum atomic E-state index is 12.1. The van der Waals surface area contributed by atoms with E-state index in [2.05, 4.69) is 4.90 Å². The molecule has 2 unspecified atom stereocenters. The first-order valence-corrected chi connectivity index (χ1v) is 6.59. The predicted molar refractivity (Wildman–Crippen MR) is 72.2 cm³/mol. The van der Waals surface area contributed by atoms with E-state index in [-0.39, 0.29) is 18.0 Å². The van der Waals surface area contributed by atoms with Crippen LogP contribution in [0.15, 0.2) is 24.3 Å². The summed E-state index contributed by atoms with van der Waals surface area (Å²) in [6.45, 7) is 6.14. The number of morpholine rings is 1. The van der Waals surface area contributed by atoms with Gasteiger partial charge in [0.1, 0.15) is 0 Å². The van der Waals surface area contributed by atoms with Crippen molar-refractivity contribution in [1.29, 1.82) is 0 Å². The highest BCUT2D eigenvalue weighted by molar-refractivity contribution is 6.30. The Labute approximate surface area is 113 Å². The molecule has 4 heteroatoms. The van der Waals surface area contributed by atoms with Crippen LogP contribution in [0.4, 0.5) is 0 Å². The second-order valence-corrected chi connectivity index (χ2v) is 5.32. The Morgan fingerprint density at radius 1 is 1.28 bits per heavy atom. The summed E-state index contributed by atoms with van der Waals surface area (Å²) in [7, 11) is 0. The molecule has 0 bridgehead atoms. The molecule has 1 heterocycles. The number of benzene rings is 1. The average Bonchev–Trinajstić information content (AvgIpc) is 2.28. The van der Waals surface area contributed by atoms with Gasteiger partial charge in [-0.05, 0) is 38.1 Å². The Morgan fingerprint density at radius 3 is 2.39 bits per heavy atom. The molecule has 0 radical (unpaired) electrons. The van der Waals surface area contributed by atoms with Gasteiger partial charge in [0.15, 0.2) is 5.78 Å². The number of carbonyl (C=O) groups excluding carboxylic acids is 1. The highest BCUT2D eigenvalue weighted by atomic mass is 35.5. The number of halogens is 1. The number of ether oxygens (including phenoxy) is 1. The van der Waals surface area contributed by atoms with Gasteiger partial charge < -0.3 is 4.74 Å². The number of Topliss-reactive ketones (excluding diaryl/α,β-unsaturated/α-hetero) is 1. The first-order chi connectivity index (χ1) is 8.54. The van der Waals surface area contributed by atoms with E-state index in [9.17, 15) is 4.79 Å². The van der Waals surface area contributed by atoms with Gasteiger partial charge in [-0.15, -0.1) is 0 Å². The average molecular weight is 268 g/mol. The number of rotatable bonds is 3. The van der Waals surface area contributed by atoms with Crippen molar-refractivity contribution < 1.29 is 9.53 Å². The van der Waals surface area contributed by atoms with Gasteiger partial charge >= 0.3 is 0 Å². The summed E-state index contributed by atoms with van der Waals surface area (Å²) < 4.78 is 5.65. The number of ketones is 1. The Bertz CT molecular complexity index is 408. The van der Waals surface area contributed by atoms with Crippen LogP contribution in [0.5, 0.6) is 0 Å². The molecule has 2 atom stereocenters. The first-order valence-electron chi connectivity index (χ1n) is 6.21. The molecule has 0 aliphatic carbocycles. The lowest BCUT2D eigenvalue weighted by Crippen LogP contribution is -2.47. The molecule has 1 aliphatic rings. The maximum absolute atomic E-state index is 12.1. The number of hydrogen-bond acceptors (Lipinski definition) is 3. The van der Waals surface area contributed by atoms with Crippen LogP contribution >= 0.6 is 11.6 Å². The van der Waals surface area contributed by atoms with Crippen LogP contribution in [-0.2, 0) is 4.74 Å². The standard InChI is InChI=1S/C14H18ClNO2/c1-10-7-16(8-11(2)18-10)9-14(17)12-3-5-13(15)6-4-12/h3-6,10-11H,7-9H2,1-2H3. The fourth-order valence-electron chi connectivity index (χ4n) is 2.34. The molecular formula is C14H18ClNO2. The van der Waals surface area contributed by atoms with Crippen molar-refractivity contribution in [1.82, 2.24) is 4.90 Å². The van der Waals surface area contributed by atoms with E-state index in [4.69, 9.17) is 16.3 Å². The quantitative estimate of drug-likeness (QED) is 0.789. The molecule has 18 heavy (non-hydrogen) atoms. The smallest absolute Gasteiger partial charge is 0.176 e. The van der Waals surface area contributed by atoms with Crippen molar-refractivity contribution >= 4 is 17.4 Å². The molecule has 1 saturated heterocycles. The lowest BCUT2D eigenvalue weighted by Gasteiger charge is -2.34. The van der Waals surface area contributed by atoms with E-state index >= 15 is 0 Å². The highest BCUT2D eigenvalue weighted by Gasteiger charge is 2.23. The zero-order chi connectivity index (χ0) is 13.1. The van der Waals surface area contributed by atoms with Crippen molar-refractivity contribution in [3.63, 3.8) is 0 Å². The minimum absolute atomic E-state index is 0.132. The first kappa shape index (κ1) is 13.5. The second kappa shape index (κ2) is 5.83. The normalized spacial score (nSPS) is 25.1. The number of hydrogen-bond donors (Lipinski definition) is 0. The van der Waals surface area contributed by atoms with Gasteiger partial charge in [0.25, 0.3) is 0 Å². The van der Waals surface area contributed by atoms with Gasteiger partial charge in [-0.2, -0.15) is 0 Å². The summed E-state index contributed by atoms with van der Waals surface area (Å²) >= 11 is 5.81. The summed E-state index contributed by atoms with van der Waals surface area (Å²) in [6.07, 6.45) is 0.374. The summed E-state index contributed by atoms with van der Waals surface area (Å²) in [4.78, 5) is 14.3. The molecular weight excluding hydrogens is 250 g/mol. The lowest BCUT2D eigenvalue weighted by atomic mass is 10.1. The molecule has 98 valence electrons. The van der Waals surface area contributed by atoms with E-state index in [1.807, 2.05) is 13.8 Å². The molecule has 1 aromatic rings. The largest absolute Gasteiger partial charge is 0.373 e. The zero-order valence-electron chi connectivity index (χ0n) is 10.7. The molecule has 0 N–H and O–H groups in total. The number of nitrogens with zero attached hydrogens (tertiary/aromatic N) is 1. The van der Waals surface area contributed by atoms with Crippen LogP contribution in [0, 0.1) is 0 Å². The fraction of sp³-hybridized carbons (Fsp3) is 0.500. The van der Waals surface area contributed by atoms with Gasteiger partial charge in [-0.1, -0.05) is 11.6 Å². The molecule has 0 saturated carbocycles. The van der Waals surface area contributed by atoms with Gasteiger partial charge in [0.05, 0.1) is 18.8 Å². The number of carbonyl (C=O) groups is 1. The fourth-order valence-corrected chi connectivity index (χ4v) is 2.47. The molecule has 0 spiro atoms. The lowest BCUT2D eigenvalue weighted by molar-refractivity contribution is -0.0652. The van der Waals surface area contributed by atoms with E-state index in [1.165, 1.54) is 0 Å². The molecule has 3 nitrogen and oxygen atoms in total. The second-order valence-electron chi connectivity index (χ2n) is 4.88. The Hall–Kier alpha value is -0.900. The third-order valence-corrected chi connectivity index (χ3v) is 3.28. The van der Waals surface area contributed by atoms with Crippen molar-refractivity contribution in [2.45, 2.75) is 26.1 Å². The van der Waals surface area contributed by atoms with E-state index in [0.29, 0.717) is 17.1 Å². The SMILES string of the molecule is CC1CN(CC(=O)c2ccc(Cl)cc2)CC(C)O1. The minimum Gasteiger partial charge on any atom is -0.373 e. The van der Waals surface area contributed by atoms with Crippen LogP contribution in [-0.4, -0.2) is 42.5 Å². The zero-order valence-corrected chi connectivity index (χ0v) is 11.5. The van der Waals surface area contributed by atoms with Crippen molar-refractivity contribution in [3.05, 3.63) is 34.9 Å². The molecule has 2 rings (SSSR count). The Kier molecular flexibility index (Phi) is 4.38. The Morgan fingerprint density at radius 2 is 1.83 bits per heavy atom. The Balaban J connectivity index is 1.96. The monoisotopic (exact) mass is 267 g/mol. The minimum atomic E-state index is 0.132. The van der Waals surface area contributed by atoms with Crippen molar-refractivity contribution in [2.24, 2.45) is 0 Å². The summed E-state index contributed by atoms with van der Waals surface area (Å²) in [6, 6.07) is 7.05. The van der Waals surface area contributed by atoms with Crippen LogP contribution in [0.2, 0.25) is 5.02 Å². The van der Waals surface area contributed by atoms with Crippen LogP contribution in [0.1, 0.15) is 24.2 Å². The van der Waals surface area contributed by atoms with Crippen molar-refractivity contribution in [2.75, 3.05) is 19.6 Å². The van der Waals surface area contributed by atoms with Gasteiger partial charge in [0, 0.05) is 23.7 Å². The molecule has 1 aromatic carbocycles. The molecule has 0 amide bonds. The van der Waals surface area contributed by atoms with E-state index in [1.54, 1.807) is 24.3 Å². The molecule has 1 aliphatic heterocycles.